The number of benzene rings is 1. The molecule has 2 N–H and O–H groups in total. The fourth-order valence-corrected chi connectivity index (χ4v) is 3.30. The standard InChI is InChI=1S/C16H22ClN3O3/c1-11(19(2)12-6-4-3-5-7-12)16(21)18-15-9-8-13(20(22)23)10-14(15)17/h8-12H,3-7H2,1-2H3,(H,18,21)/p+1/t11-/m1/s1. The number of carbonyl (C=O) groups excluding carboxylic acids is 1. The van der Waals surface area contributed by atoms with E-state index in [0.29, 0.717) is 11.7 Å². The summed E-state index contributed by atoms with van der Waals surface area (Å²) in [5.74, 6) is -0.121. The molecule has 0 saturated heterocycles. The van der Waals surface area contributed by atoms with Crippen LogP contribution < -0.4 is 10.2 Å². The minimum absolute atomic E-state index is 0.0917. The van der Waals surface area contributed by atoms with Gasteiger partial charge in [0.1, 0.15) is 0 Å². The molecule has 23 heavy (non-hydrogen) atoms. The molecule has 1 saturated carbocycles. The summed E-state index contributed by atoms with van der Waals surface area (Å²) in [6, 6.07) is 4.37. The summed E-state index contributed by atoms with van der Waals surface area (Å²) in [6.45, 7) is 1.90. The van der Waals surface area contributed by atoms with Crippen molar-refractivity contribution in [3.05, 3.63) is 33.3 Å². The van der Waals surface area contributed by atoms with Crippen molar-refractivity contribution in [3.63, 3.8) is 0 Å². The summed E-state index contributed by atoms with van der Waals surface area (Å²) >= 11 is 6.02. The Labute approximate surface area is 141 Å². The highest BCUT2D eigenvalue weighted by atomic mass is 35.5. The van der Waals surface area contributed by atoms with Crippen molar-refractivity contribution in [2.45, 2.75) is 51.1 Å². The zero-order valence-electron chi connectivity index (χ0n) is 13.5. The Morgan fingerprint density at radius 3 is 2.61 bits per heavy atom. The van der Waals surface area contributed by atoms with Gasteiger partial charge < -0.3 is 10.2 Å². The first-order chi connectivity index (χ1) is 10.9. The van der Waals surface area contributed by atoms with E-state index in [1.54, 1.807) is 0 Å². The third kappa shape index (κ3) is 4.42. The van der Waals surface area contributed by atoms with Crippen molar-refractivity contribution < 1.29 is 14.6 Å². The average molecular weight is 341 g/mol. The maximum Gasteiger partial charge on any atom is 0.282 e. The quantitative estimate of drug-likeness (QED) is 0.638. The smallest absolute Gasteiger partial charge is 0.282 e. The van der Waals surface area contributed by atoms with Crippen molar-refractivity contribution in [2.24, 2.45) is 0 Å². The molecule has 6 nitrogen and oxygen atoms in total. The number of non-ortho nitro benzene ring substituents is 1. The molecule has 2 rings (SSSR count). The maximum absolute atomic E-state index is 12.4. The highest BCUT2D eigenvalue weighted by molar-refractivity contribution is 6.34. The van der Waals surface area contributed by atoms with Gasteiger partial charge in [0.15, 0.2) is 6.04 Å². The van der Waals surface area contributed by atoms with Gasteiger partial charge in [-0.2, -0.15) is 0 Å². The van der Waals surface area contributed by atoms with E-state index in [2.05, 4.69) is 12.4 Å². The van der Waals surface area contributed by atoms with Gasteiger partial charge in [-0.25, -0.2) is 0 Å². The molecule has 1 fully saturated rings. The van der Waals surface area contributed by atoms with E-state index < -0.39 is 4.92 Å². The molecular formula is C16H23ClN3O3+. The van der Waals surface area contributed by atoms with Crippen LogP contribution >= 0.6 is 11.6 Å². The number of quaternary nitrogens is 1. The molecule has 0 aliphatic heterocycles. The number of nitro groups is 1. The van der Waals surface area contributed by atoms with Gasteiger partial charge in [0.2, 0.25) is 0 Å². The highest BCUT2D eigenvalue weighted by Gasteiger charge is 2.30. The van der Waals surface area contributed by atoms with Crippen LogP contribution in [0.1, 0.15) is 39.0 Å². The first-order valence-electron chi connectivity index (χ1n) is 7.98. The first kappa shape index (κ1) is 17.7. The van der Waals surface area contributed by atoms with Gasteiger partial charge in [-0.1, -0.05) is 18.0 Å². The van der Waals surface area contributed by atoms with Crippen LogP contribution in [0.5, 0.6) is 0 Å². The Bertz CT molecular complexity index is 588. The van der Waals surface area contributed by atoms with E-state index in [4.69, 9.17) is 11.6 Å². The number of carbonyl (C=O) groups is 1. The molecule has 1 unspecified atom stereocenters. The summed E-state index contributed by atoms with van der Waals surface area (Å²) in [5, 5.41) is 13.7. The Morgan fingerprint density at radius 1 is 1.39 bits per heavy atom. The second kappa shape index (κ2) is 7.75. The van der Waals surface area contributed by atoms with Gasteiger partial charge in [-0.15, -0.1) is 0 Å². The molecular weight excluding hydrogens is 318 g/mol. The number of nitrogens with one attached hydrogen (secondary N) is 2. The molecule has 1 aromatic rings. The minimum Gasteiger partial charge on any atom is -0.325 e. The zero-order valence-corrected chi connectivity index (χ0v) is 14.2. The number of rotatable bonds is 5. The van der Waals surface area contributed by atoms with Crippen LogP contribution in [0.4, 0.5) is 11.4 Å². The monoisotopic (exact) mass is 340 g/mol. The lowest BCUT2D eigenvalue weighted by atomic mass is 9.93. The van der Waals surface area contributed by atoms with E-state index >= 15 is 0 Å². The number of hydrogen-bond acceptors (Lipinski definition) is 3. The van der Waals surface area contributed by atoms with Gasteiger partial charge in [0.25, 0.3) is 11.6 Å². The SMILES string of the molecule is C[C@H](C(=O)Nc1ccc([N+](=O)[O-])cc1Cl)[NH+](C)C1CCCCC1. The molecule has 0 bridgehead atoms. The van der Waals surface area contributed by atoms with Crippen LogP contribution in [0.3, 0.4) is 0 Å². The summed E-state index contributed by atoms with van der Waals surface area (Å²) in [4.78, 5) is 23.9. The summed E-state index contributed by atoms with van der Waals surface area (Å²) in [6.07, 6.45) is 6.04. The minimum atomic E-state index is -0.513. The Hall–Kier alpha value is -1.66. The predicted molar refractivity (Wildman–Crippen MR) is 90.0 cm³/mol. The third-order valence-corrected chi connectivity index (χ3v) is 5.06. The number of nitro benzene ring substituents is 1. The molecule has 2 atom stereocenters. The van der Waals surface area contributed by atoms with Crippen LogP contribution in [-0.4, -0.2) is 30.0 Å². The average Bonchev–Trinajstić information content (AvgIpc) is 2.55. The molecule has 0 radical (unpaired) electrons. The topological polar surface area (TPSA) is 76.7 Å². The van der Waals surface area contributed by atoms with E-state index in [1.165, 1.54) is 42.4 Å². The van der Waals surface area contributed by atoms with Gasteiger partial charge >= 0.3 is 0 Å². The van der Waals surface area contributed by atoms with E-state index in [1.807, 2.05) is 6.92 Å². The summed E-state index contributed by atoms with van der Waals surface area (Å²) in [7, 11) is 2.05. The van der Waals surface area contributed by atoms with Crippen molar-refractivity contribution >= 4 is 28.9 Å². The summed E-state index contributed by atoms with van der Waals surface area (Å²) in [5.41, 5.74) is 0.316. The fourth-order valence-electron chi connectivity index (χ4n) is 3.08. The molecule has 0 heterocycles. The van der Waals surface area contributed by atoms with Crippen LogP contribution in [0.25, 0.3) is 0 Å². The number of hydrogen-bond donors (Lipinski definition) is 2. The van der Waals surface area contributed by atoms with Crippen LogP contribution in [0, 0.1) is 10.1 Å². The molecule has 1 aromatic carbocycles. The number of amides is 1. The molecule has 7 heteroatoms. The van der Waals surface area contributed by atoms with Crippen molar-refractivity contribution in [3.8, 4) is 0 Å². The van der Waals surface area contributed by atoms with Gasteiger partial charge in [0.05, 0.1) is 28.7 Å². The second-order valence-electron chi connectivity index (χ2n) is 6.21. The lowest BCUT2D eigenvalue weighted by Crippen LogP contribution is -3.17. The Kier molecular flexibility index (Phi) is 5.96. The van der Waals surface area contributed by atoms with Crippen molar-refractivity contribution in [1.82, 2.24) is 0 Å². The van der Waals surface area contributed by atoms with Crippen molar-refractivity contribution in [1.29, 1.82) is 0 Å². The van der Waals surface area contributed by atoms with E-state index in [0.717, 1.165) is 12.8 Å². The second-order valence-corrected chi connectivity index (χ2v) is 6.62. The molecule has 1 aliphatic rings. The van der Waals surface area contributed by atoms with Crippen LogP contribution in [0.15, 0.2) is 18.2 Å². The van der Waals surface area contributed by atoms with Gasteiger partial charge in [0, 0.05) is 12.1 Å². The number of nitrogens with zero attached hydrogens (tertiary/aromatic N) is 1. The Balaban J connectivity index is 2.01. The third-order valence-electron chi connectivity index (χ3n) is 4.75. The molecule has 1 amide bonds. The van der Waals surface area contributed by atoms with E-state index in [-0.39, 0.29) is 22.7 Å². The van der Waals surface area contributed by atoms with Gasteiger partial charge in [-0.05, 0) is 38.7 Å². The maximum atomic E-state index is 12.4. The summed E-state index contributed by atoms with van der Waals surface area (Å²) < 4.78 is 0. The lowest BCUT2D eigenvalue weighted by Gasteiger charge is -2.31. The highest BCUT2D eigenvalue weighted by Crippen LogP contribution is 2.26. The molecule has 1 aliphatic carbocycles. The number of anilines is 1. The fraction of sp³-hybridized carbons (Fsp3) is 0.562. The van der Waals surface area contributed by atoms with Crippen LogP contribution in [0.2, 0.25) is 5.02 Å². The number of likely N-dealkylation sites (N-methyl/N-ethyl adjacent to an activating group) is 1. The molecule has 126 valence electrons. The Morgan fingerprint density at radius 2 is 2.04 bits per heavy atom. The first-order valence-corrected chi connectivity index (χ1v) is 8.36. The van der Waals surface area contributed by atoms with E-state index in [9.17, 15) is 14.9 Å². The van der Waals surface area contributed by atoms with Gasteiger partial charge in [-0.3, -0.25) is 14.9 Å². The predicted octanol–water partition coefficient (Wildman–Crippen LogP) is 2.42. The lowest BCUT2D eigenvalue weighted by molar-refractivity contribution is -0.921. The molecule has 0 spiro atoms. The molecule has 0 aromatic heterocycles. The van der Waals surface area contributed by atoms with Crippen molar-refractivity contribution in [2.75, 3.05) is 12.4 Å². The van der Waals surface area contributed by atoms with Crippen LogP contribution in [-0.2, 0) is 4.79 Å². The normalized spacial score (nSPS) is 18.2. The largest absolute Gasteiger partial charge is 0.325 e. The zero-order chi connectivity index (χ0) is 17.0. The number of halogens is 1.